The molecule has 34 heavy (non-hydrogen) atoms. The first-order valence-electron chi connectivity index (χ1n) is 11.6. The fourth-order valence-corrected chi connectivity index (χ4v) is 4.27. The third-order valence-electron chi connectivity index (χ3n) is 6.10. The van der Waals surface area contributed by atoms with E-state index in [0.29, 0.717) is 23.1 Å². The van der Waals surface area contributed by atoms with Gasteiger partial charge in [-0.3, -0.25) is 14.6 Å². The Kier molecular flexibility index (Phi) is 8.34. The highest BCUT2D eigenvalue weighted by Crippen LogP contribution is 2.23. The summed E-state index contributed by atoms with van der Waals surface area (Å²) in [5.74, 6) is 0.919. The summed E-state index contributed by atoms with van der Waals surface area (Å²) in [4.78, 5) is 30.9. The summed E-state index contributed by atoms with van der Waals surface area (Å²) in [7, 11) is 0. The average molecular weight is 488 g/mol. The van der Waals surface area contributed by atoms with Crippen LogP contribution in [-0.4, -0.2) is 102 Å². The summed E-state index contributed by atoms with van der Waals surface area (Å²) in [6.45, 7) is 6.11. The quantitative estimate of drug-likeness (QED) is 0.314. The van der Waals surface area contributed by atoms with Crippen molar-refractivity contribution in [2.45, 2.75) is 12.8 Å². The molecule has 2 fully saturated rings. The van der Waals surface area contributed by atoms with Crippen molar-refractivity contribution in [1.82, 2.24) is 19.7 Å². The summed E-state index contributed by atoms with van der Waals surface area (Å²) in [5, 5.41) is 15.0. The Balaban J connectivity index is 1.21. The van der Waals surface area contributed by atoms with E-state index in [2.05, 4.69) is 14.9 Å². The van der Waals surface area contributed by atoms with E-state index in [-0.39, 0.29) is 19.1 Å². The number of carbonyl (C=O) groups excluding carboxylic acids is 2. The van der Waals surface area contributed by atoms with Gasteiger partial charge in [0.25, 0.3) is 5.91 Å². The second-order valence-electron chi connectivity index (χ2n) is 8.45. The maximum Gasteiger partial charge on any atom is 0.347 e. The first kappa shape index (κ1) is 24.4. The average Bonchev–Trinajstić information content (AvgIpc) is 3.42. The molecule has 182 valence electrons. The number of amides is 3. The van der Waals surface area contributed by atoms with Gasteiger partial charge in [0.1, 0.15) is 18.1 Å². The van der Waals surface area contributed by atoms with Crippen LogP contribution in [0.15, 0.2) is 45.9 Å². The third-order valence-corrected chi connectivity index (χ3v) is 6.36. The normalized spacial score (nSPS) is 18.1. The first-order valence-corrected chi connectivity index (χ1v) is 12.0. The van der Waals surface area contributed by atoms with Crippen molar-refractivity contribution in [3.8, 4) is 11.3 Å². The van der Waals surface area contributed by atoms with Crippen molar-refractivity contribution < 1.29 is 19.1 Å². The molecule has 1 aromatic heterocycles. The molecule has 2 aliphatic heterocycles. The smallest absolute Gasteiger partial charge is 0.347 e. The fourth-order valence-electron chi connectivity index (χ4n) is 4.14. The largest absolute Gasteiger partial charge is 0.455 e. The van der Waals surface area contributed by atoms with Crippen molar-refractivity contribution in [3.63, 3.8) is 0 Å². The number of urea groups is 1. The van der Waals surface area contributed by atoms with Crippen molar-refractivity contribution in [1.29, 1.82) is 0 Å². The summed E-state index contributed by atoms with van der Waals surface area (Å²) >= 11 is 5.92. The SMILES string of the molecule is O=C1CN(N=Cc2ccc(-c3ccc(Cl)cc3)o2)C(=O)N1CCCCN1CCN(CCO)CC1. The molecule has 4 rings (SSSR count). The number of β-amino-alcohol motifs (C(OH)–C–C–N with tert-alkyl or cyclic N) is 1. The van der Waals surface area contributed by atoms with Crippen LogP contribution in [0.5, 0.6) is 0 Å². The second kappa shape index (κ2) is 11.6. The van der Waals surface area contributed by atoms with Crippen LogP contribution in [0.1, 0.15) is 18.6 Å². The highest BCUT2D eigenvalue weighted by Gasteiger charge is 2.35. The maximum absolute atomic E-state index is 12.6. The molecule has 0 radical (unpaired) electrons. The highest BCUT2D eigenvalue weighted by molar-refractivity contribution is 6.30. The number of aliphatic hydroxyl groups is 1. The molecule has 1 aromatic carbocycles. The minimum Gasteiger partial charge on any atom is -0.455 e. The van der Waals surface area contributed by atoms with Gasteiger partial charge in [-0.15, -0.1) is 0 Å². The molecular formula is C24H30ClN5O4. The van der Waals surface area contributed by atoms with Gasteiger partial charge in [-0.2, -0.15) is 5.10 Å². The molecule has 3 heterocycles. The molecule has 0 bridgehead atoms. The van der Waals surface area contributed by atoms with Gasteiger partial charge in [0.15, 0.2) is 0 Å². The predicted octanol–water partition coefficient (Wildman–Crippen LogP) is 2.59. The number of unbranched alkanes of at least 4 members (excludes halogenated alkanes) is 1. The molecule has 3 amide bonds. The molecule has 2 saturated heterocycles. The Morgan fingerprint density at radius 2 is 1.62 bits per heavy atom. The molecular weight excluding hydrogens is 458 g/mol. The number of nitrogens with zero attached hydrogens (tertiary/aromatic N) is 5. The summed E-state index contributed by atoms with van der Waals surface area (Å²) < 4.78 is 5.77. The molecule has 10 heteroatoms. The Labute approximate surface area is 204 Å². The van der Waals surface area contributed by atoms with E-state index in [1.165, 1.54) is 16.1 Å². The van der Waals surface area contributed by atoms with Gasteiger partial charge in [0.05, 0.1) is 12.8 Å². The van der Waals surface area contributed by atoms with Gasteiger partial charge in [-0.1, -0.05) is 11.6 Å². The number of hydrogen-bond acceptors (Lipinski definition) is 7. The number of benzene rings is 1. The minimum atomic E-state index is -0.400. The van der Waals surface area contributed by atoms with Crippen molar-refractivity contribution in [3.05, 3.63) is 47.2 Å². The first-order chi connectivity index (χ1) is 16.5. The lowest BCUT2D eigenvalue weighted by molar-refractivity contribution is -0.125. The molecule has 1 N–H and O–H groups in total. The number of imide groups is 1. The lowest BCUT2D eigenvalue weighted by Crippen LogP contribution is -2.47. The highest BCUT2D eigenvalue weighted by atomic mass is 35.5. The molecule has 9 nitrogen and oxygen atoms in total. The van der Waals surface area contributed by atoms with Gasteiger partial charge >= 0.3 is 6.03 Å². The number of furan rings is 1. The number of rotatable bonds is 10. The number of hydrazone groups is 1. The fraction of sp³-hybridized carbons (Fsp3) is 0.458. The standard InChI is InChI=1S/C24H30ClN5O4/c25-20-5-3-19(4-6-20)22-8-7-21(34-22)17-26-30-18-23(32)29(24(30)33)10-2-1-9-27-11-13-28(14-12-27)15-16-31/h3-8,17,31H,1-2,9-16,18H2. The van der Waals surface area contributed by atoms with Gasteiger partial charge in [0.2, 0.25) is 0 Å². The van der Waals surface area contributed by atoms with Crippen molar-refractivity contribution in [2.24, 2.45) is 5.10 Å². The van der Waals surface area contributed by atoms with Crippen LogP contribution in [0.25, 0.3) is 11.3 Å². The van der Waals surface area contributed by atoms with Crippen LogP contribution >= 0.6 is 11.6 Å². The van der Waals surface area contributed by atoms with Crippen LogP contribution in [0.4, 0.5) is 4.79 Å². The van der Waals surface area contributed by atoms with E-state index in [4.69, 9.17) is 21.1 Å². The van der Waals surface area contributed by atoms with Gasteiger partial charge in [0, 0.05) is 49.9 Å². The van der Waals surface area contributed by atoms with Crippen LogP contribution in [0, 0.1) is 0 Å². The molecule has 0 spiro atoms. The third kappa shape index (κ3) is 6.24. The Morgan fingerprint density at radius 1 is 0.941 bits per heavy atom. The number of halogens is 1. The molecule has 0 saturated carbocycles. The topological polar surface area (TPSA) is 92.8 Å². The van der Waals surface area contributed by atoms with E-state index in [1.54, 1.807) is 18.2 Å². The van der Waals surface area contributed by atoms with Gasteiger partial charge in [-0.05, 0) is 55.8 Å². The summed E-state index contributed by atoms with van der Waals surface area (Å²) in [6, 6.07) is 10.5. The maximum atomic E-state index is 12.6. The molecule has 2 aromatic rings. The Morgan fingerprint density at radius 3 is 2.32 bits per heavy atom. The zero-order valence-corrected chi connectivity index (χ0v) is 19.9. The van der Waals surface area contributed by atoms with Crippen molar-refractivity contribution in [2.75, 3.05) is 59.0 Å². The monoisotopic (exact) mass is 487 g/mol. The molecule has 2 aliphatic rings. The lowest BCUT2D eigenvalue weighted by atomic mass is 10.2. The van der Waals surface area contributed by atoms with Crippen LogP contribution in [0.2, 0.25) is 5.02 Å². The van der Waals surface area contributed by atoms with E-state index in [9.17, 15) is 9.59 Å². The molecule has 0 unspecified atom stereocenters. The molecule has 0 aliphatic carbocycles. The molecule has 0 atom stereocenters. The number of carbonyl (C=O) groups is 2. The minimum absolute atomic E-state index is 0.0626. The lowest BCUT2D eigenvalue weighted by Gasteiger charge is -2.34. The summed E-state index contributed by atoms with van der Waals surface area (Å²) in [6.07, 6.45) is 3.12. The van der Waals surface area contributed by atoms with Gasteiger partial charge < -0.3 is 14.4 Å². The van der Waals surface area contributed by atoms with Crippen LogP contribution in [0.3, 0.4) is 0 Å². The van der Waals surface area contributed by atoms with Gasteiger partial charge in [-0.25, -0.2) is 9.80 Å². The summed E-state index contributed by atoms with van der Waals surface area (Å²) in [5.41, 5.74) is 0.884. The van der Waals surface area contributed by atoms with Crippen molar-refractivity contribution >= 4 is 29.8 Å². The predicted molar refractivity (Wildman–Crippen MR) is 130 cm³/mol. The zero-order chi connectivity index (χ0) is 23.9. The number of piperazine rings is 1. The zero-order valence-electron chi connectivity index (χ0n) is 19.1. The van der Waals surface area contributed by atoms with E-state index < -0.39 is 6.03 Å². The number of aliphatic hydroxyl groups excluding tert-OH is 1. The Bertz CT molecular complexity index is 1000. The van der Waals surface area contributed by atoms with E-state index in [1.807, 2.05) is 18.2 Å². The van der Waals surface area contributed by atoms with Crippen LogP contribution < -0.4 is 0 Å². The van der Waals surface area contributed by atoms with E-state index >= 15 is 0 Å². The van der Waals surface area contributed by atoms with E-state index in [0.717, 1.165) is 57.7 Å². The number of hydrogen-bond donors (Lipinski definition) is 1. The van der Waals surface area contributed by atoms with Crippen LogP contribution in [-0.2, 0) is 4.79 Å². The Hall–Kier alpha value is -2.72. The second-order valence-corrected chi connectivity index (χ2v) is 8.89.